The number of likely N-dealkylation sites (tertiary alicyclic amines) is 1. The number of imidazole rings is 1. The van der Waals surface area contributed by atoms with Crippen LogP contribution in [0.1, 0.15) is 55.4 Å². The highest BCUT2D eigenvalue weighted by Gasteiger charge is 2.38. The van der Waals surface area contributed by atoms with E-state index in [1.54, 1.807) is 12.4 Å². The first-order chi connectivity index (χ1) is 10.8. The summed E-state index contributed by atoms with van der Waals surface area (Å²) in [5.41, 5.74) is 0.899. The van der Waals surface area contributed by atoms with Crippen molar-refractivity contribution in [2.24, 2.45) is 5.41 Å². The molecule has 0 atom stereocenters. The number of amides is 1. The number of hydrogen-bond acceptors (Lipinski definition) is 3. The van der Waals surface area contributed by atoms with Gasteiger partial charge in [-0.1, -0.05) is 19.3 Å². The maximum atomic E-state index is 12.8. The summed E-state index contributed by atoms with van der Waals surface area (Å²) in [6.07, 6.45) is 14.3. The zero-order valence-electron chi connectivity index (χ0n) is 12.9. The zero-order valence-corrected chi connectivity index (χ0v) is 12.9. The molecule has 5 nitrogen and oxygen atoms in total. The lowest BCUT2D eigenvalue weighted by Crippen LogP contribution is -2.47. The molecule has 1 aliphatic heterocycles. The van der Waals surface area contributed by atoms with Crippen LogP contribution >= 0.6 is 0 Å². The van der Waals surface area contributed by atoms with Crippen LogP contribution < -0.4 is 0 Å². The summed E-state index contributed by atoms with van der Waals surface area (Å²) in [4.78, 5) is 23.4. The number of fused-ring (bicyclic) bond motifs is 1. The molecule has 0 bridgehead atoms. The van der Waals surface area contributed by atoms with E-state index in [0.29, 0.717) is 16.9 Å². The Morgan fingerprint density at radius 1 is 1.14 bits per heavy atom. The second-order valence-electron chi connectivity index (χ2n) is 6.84. The maximum Gasteiger partial charge on any atom is 0.274 e. The Balaban J connectivity index is 1.56. The molecular formula is C17H22N4O. The fraction of sp³-hybridized carbons (Fsp3) is 0.588. The molecular weight excluding hydrogens is 276 g/mol. The summed E-state index contributed by atoms with van der Waals surface area (Å²) in [6, 6.07) is 1.85. The van der Waals surface area contributed by atoms with Gasteiger partial charge in [0, 0.05) is 31.7 Å². The minimum Gasteiger partial charge on any atom is -0.337 e. The second-order valence-corrected chi connectivity index (χ2v) is 6.84. The van der Waals surface area contributed by atoms with Crippen molar-refractivity contribution >= 4 is 11.7 Å². The van der Waals surface area contributed by atoms with Gasteiger partial charge in [-0.15, -0.1) is 0 Å². The van der Waals surface area contributed by atoms with Gasteiger partial charge in [-0.25, -0.2) is 9.97 Å². The van der Waals surface area contributed by atoms with E-state index >= 15 is 0 Å². The Morgan fingerprint density at radius 3 is 2.77 bits per heavy atom. The van der Waals surface area contributed by atoms with Crippen molar-refractivity contribution in [2.45, 2.75) is 44.9 Å². The minimum atomic E-state index is 0.0650. The van der Waals surface area contributed by atoms with E-state index in [-0.39, 0.29) is 5.91 Å². The summed E-state index contributed by atoms with van der Waals surface area (Å²) < 4.78 is 1.81. The highest BCUT2D eigenvalue weighted by atomic mass is 16.2. The number of piperidine rings is 1. The fourth-order valence-electron chi connectivity index (χ4n) is 4.19. The van der Waals surface area contributed by atoms with E-state index in [1.165, 1.54) is 38.5 Å². The summed E-state index contributed by atoms with van der Waals surface area (Å²) in [5, 5.41) is 0. The van der Waals surface area contributed by atoms with E-state index in [4.69, 9.17) is 0 Å². The lowest BCUT2D eigenvalue weighted by atomic mass is 9.69. The first kappa shape index (κ1) is 13.7. The first-order valence-corrected chi connectivity index (χ1v) is 8.35. The average Bonchev–Trinajstić information content (AvgIpc) is 2.99. The van der Waals surface area contributed by atoms with Crippen molar-refractivity contribution in [1.82, 2.24) is 19.3 Å². The van der Waals surface area contributed by atoms with Gasteiger partial charge in [0.05, 0.1) is 0 Å². The van der Waals surface area contributed by atoms with Crippen molar-refractivity contribution < 1.29 is 4.79 Å². The molecule has 116 valence electrons. The van der Waals surface area contributed by atoms with Crippen LogP contribution in [0.3, 0.4) is 0 Å². The third kappa shape index (κ3) is 2.38. The number of aromatic nitrogens is 3. The maximum absolute atomic E-state index is 12.8. The molecule has 2 aliphatic rings. The van der Waals surface area contributed by atoms with Gasteiger partial charge < -0.3 is 4.90 Å². The van der Waals surface area contributed by atoms with Crippen molar-refractivity contribution in [3.8, 4) is 0 Å². The van der Waals surface area contributed by atoms with Crippen LogP contribution in [0.2, 0.25) is 0 Å². The van der Waals surface area contributed by atoms with Crippen molar-refractivity contribution in [3.05, 3.63) is 30.4 Å². The highest BCUT2D eigenvalue weighted by molar-refractivity contribution is 5.92. The average molecular weight is 298 g/mol. The molecule has 1 saturated carbocycles. The lowest BCUT2D eigenvalue weighted by Gasteiger charge is -2.45. The predicted octanol–water partition coefficient (Wildman–Crippen LogP) is 2.92. The van der Waals surface area contributed by atoms with Crippen LogP contribution in [0.15, 0.2) is 24.7 Å². The standard InChI is InChI=1S/C17H22N4O/c22-15(14-12-20-11-5-9-18-16(20)19-14)21-10-4-8-17(13-21)6-2-1-3-7-17/h5,9,11-12H,1-4,6-8,10,13H2. The highest BCUT2D eigenvalue weighted by Crippen LogP contribution is 2.43. The zero-order chi connectivity index (χ0) is 15.0. The van der Waals surface area contributed by atoms with Crippen LogP contribution in [0.5, 0.6) is 0 Å². The van der Waals surface area contributed by atoms with E-state index in [1.807, 2.05) is 21.6 Å². The molecule has 0 unspecified atom stereocenters. The molecule has 22 heavy (non-hydrogen) atoms. The summed E-state index contributed by atoms with van der Waals surface area (Å²) in [6.45, 7) is 1.77. The largest absolute Gasteiger partial charge is 0.337 e. The molecule has 5 heteroatoms. The molecule has 2 fully saturated rings. The number of carbonyl (C=O) groups is 1. The van der Waals surface area contributed by atoms with Gasteiger partial charge in [-0.05, 0) is 37.2 Å². The quantitative estimate of drug-likeness (QED) is 0.813. The van der Waals surface area contributed by atoms with Crippen LogP contribution in [0, 0.1) is 5.41 Å². The van der Waals surface area contributed by atoms with E-state index < -0.39 is 0 Å². The van der Waals surface area contributed by atoms with Crippen LogP contribution in [-0.2, 0) is 0 Å². The Kier molecular flexibility index (Phi) is 3.36. The van der Waals surface area contributed by atoms with Gasteiger partial charge in [0.25, 0.3) is 5.91 Å². The van der Waals surface area contributed by atoms with Gasteiger partial charge in [0.15, 0.2) is 0 Å². The molecule has 0 aromatic carbocycles. The summed E-state index contributed by atoms with van der Waals surface area (Å²) >= 11 is 0. The third-order valence-electron chi connectivity index (χ3n) is 5.32. The van der Waals surface area contributed by atoms with Crippen LogP contribution in [-0.4, -0.2) is 38.3 Å². The number of rotatable bonds is 1. The summed E-state index contributed by atoms with van der Waals surface area (Å²) in [7, 11) is 0. The van der Waals surface area contributed by atoms with Crippen LogP contribution in [0.25, 0.3) is 5.78 Å². The Morgan fingerprint density at radius 2 is 1.95 bits per heavy atom. The number of hydrogen-bond donors (Lipinski definition) is 0. The molecule has 2 aromatic rings. The topological polar surface area (TPSA) is 50.5 Å². The Bertz CT molecular complexity index is 648. The first-order valence-electron chi connectivity index (χ1n) is 8.35. The molecule has 1 saturated heterocycles. The predicted molar refractivity (Wildman–Crippen MR) is 83.6 cm³/mol. The Labute approximate surface area is 130 Å². The van der Waals surface area contributed by atoms with Crippen molar-refractivity contribution in [3.63, 3.8) is 0 Å². The molecule has 2 aromatic heterocycles. The molecule has 1 aliphatic carbocycles. The smallest absolute Gasteiger partial charge is 0.274 e. The van der Waals surface area contributed by atoms with Gasteiger partial charge in [-0.3, -0.25) is 9.20 Å². The molecule has 1 amide bonds. The van der Waals surface area contributed by atoms with Crippen LogP contribution in [0.4, 0.5) is 0 Å². The third-order valence-corrected chi connectivity index (χ3v) is 5.32. The normalized spacial score (nSPS) is 21.4. The van der Waals surface area contributed by atoms with E-state index in [2.05, 4.69) is 9.97 Å². The number of carbonyl (C=O) groups excluding carboxylic acids is 1. The van der Waals surface area contributed by atoms with E-state index in [0.717, 1.165) is 19.5 Å². The van der Waals surface area contributed by atoms with Crippen molar-refractivity contribution in [1.29, 1.82) is 0 Å². The minimum absolute atomic E-state index is 0.0650. The lowest BCUT2D eigenvalue weighted by molar-refractivity contribution is 0.0380. The second kappa shape index (κ2) is 5.38. The summed E-state index contributed by atoms with van der Waals surface area (Å²) in [5.74, 6) is 0.658. The monoisotopic (exact) mass is 298 g/mol. The molecule has 3 heterocycles. The molecule has 1 spiro atoms. The Hall–Kier alpha value is -1.91. The van der Waals surface area contributed by atoms with Gasteiger partial charge >= 0.3 is 0 Å². The molecule has 0 N–H and O–H groups in total. The number of nitrogens with zero attached hydrogens (tertiary/aromatic N) is 4. The van der Waals surface area contributed by atoms with Gasteiger partial charge in [-0.2, -0.15) is 0 Å². The fourth-order valence-corrected chi connectivity index (χ4v) is 4.19. The van der Waals surface area contributed by atoms with E-state index in [9.17, 15) is 4.79 Å². The molecule has 0 radical (unpaired) electrons. The van der Waals surface area contributed by atoms with Crippen molar-refractivity contribution in [2.75, 3.05) is 13.1 Å². The van der Waals surface area contributed by atoms with Gasteiger partial charge in [0.1, 0.15) is 5.69 Å². The molecule has 4 rings (SSSR count). The van der Waals surface area contributed by atoms with Gasteiger partial charge in [0.2, 0.25) is 5.78 Å². The SMILES string of the molecule is O=C(c1cn2cccnc2n1)N1CCCC2(CCCCC2)C1.